The molecule has 0 radical (unpaired) electrons. The summed E-state index contributed by atoms with van der Waals surface area (Å²) in [5, 5.41) is 0. The first-order chi connectivity index (χ1) is 8.59. The minimum absolute atomic E-state index is 0.240. The monoisotopic (exact) mass is 245 g/mol. The van der Waals surface area contributed by atoms with Gasteiger partial charge in [-0.1, -0.05) is 25.5 Å². The van der Waals surface area contributed by atoms with Crippen molar-refractivity contribution >= 4 is 11.5 Å². The lowest BCUT2D eigenvalue weighted by molar-refractivity contribution is -0.125. The molecule has 1 fully saturated rings. The molecular formula is C16H23NO. The Labute approximate surface area is 110 Å². The van der Waals surface area contributed by atoms with Crippen LogP contribution in [0, 0.1) is 5.92 Å². The van der Waals surface area contributed by atoms with E-state index in [1.54, 1.807) is 0 Å². The maximum Gasteiger partial charge on any atom is 0.136 e. The molecule has 2 nitrogen and oxygen atoms in total. The van der Waals surface area contributed by atoms with Gasteiger partial charge in [0.1, 0.15) is 5.78 Å². The van der Waals surface area contributed by atoms with Gasteiger partial charge in [-0.3, -0.25) is 4.79 Å². The SMILES string of the molecule is CC(c1ccc(N(C)C)cc1)C1CCCCC1=O. The fourth-order valence-electron chi connectivity index (χ4n) is 2.85. The average molecular weight is 245 g/mol. The molecule has 18 heavy (non-hydrogen) atoms. The van der Waals surface area contributed by atoms with Crippen molar-refractivity contribution in [3.05, 3.63) is 29.8 Å². The van der Waals surface area contributed by atoms with Gasteiger partial charge in [-0.25, -0.2) is 0 Å². The summed E-state index contributed by atoms with van der Waals surface area (Å²) in [6.45, 7) is 2.19. The van der Waals surface area contributed by atoms with Crippen LogP contribution in [-0.2, 0) is 4.79 Å². The predicted octanol–water partition coefficient (Wildman–Crippen LogP) is 3.62. The Hall–Kier alpha value is -1.31. The normalized spacial score (nSPS) is 21.7. The highest BCUT2D eigenvalue weighted by atomic mass is 16.1. The third kappa shape index (κ3) is 2.74. The number of ketones is 1. The molecule has 0 aliphatic heterocycles. The number of rotatable bonds is 3. The molecule has 1 aromatic rings. The summed E-state index contributed by atoms with van der Waals surface area (Å²) in [7, 11) is 4.09. The molecule has 0 N–H and O–H groups in total. The quantitative estimate of drug-likeness (QED) is 0.810. The van der Waals surface area contributed by atoms with Gasteiger partial charge >= 0.3 is 0 Å². The number of Topliss-reactive ketones (excluding diaryl/α,β-unsaturated/α-hetero) is 1. The maximum atomic E-state index is 12.0. The summed E-state index contributed by atoms with van der Waals surface area (Å²) in [6, 6.07) is 8.61. The predicted molar refractivity (Wildman–Crippen MR) is 76.1 cm³/mol. The van der Waals surface area contributed by atoms with Crippen LogP contribution in [0.5, 0.6) is 0 Å². The van der Waals surface area contributed by atoms with Gasteiger partial charge in [0.15, 0.2) is 0 Å². The molecule has 1 aromatic carbocycles. The number of carbonyl (C=O) groups excluding carboxylic acids is 1. The summed E-state index contributed by atoms with van der Waals surface area (Å²) in [5.41, 5.74) is 2.50. The topological polar surface area (TPSA) is 20.3 Å². The molecule has 0 bridgehead atoms. The third-order valence-corrected chi connectivity index (χ3v) is 4.14. The Balaban J connectivity index is 2.12. The van der Waals surface area contributed by atoms with Gasteiger partial charge in [-0.05, 0) is 36.5 Å². The number of carbonyl (C=O) groups is 1. The van der Waals surface area contributed by atoms with E-state index in [1.165, 1.54) is 17.7 Å². The minimum atomic E-state index is 0.240. The Morgan fingerprint density at radius 2 is 1.83 bits per heavy atom. The smallest absolute Gasteiger partial charge is 0.136 e. The summed E-state index contributed by atoms with van der Waals surface area (Å²) < 4.78 is 0. The van der Waals surface area contributed by atoms with Crippen LogP contribution in [0.25, 0.3) is 0 Å². The highest BCUT2D eigenvalue weighted by molar-refractivity contribution is 5.82. The molecule has 98 valence electrons. The molecule has 1 saturated carbocycles. The van der Waals surface area contributed by atoms with E-state index in [2.05, 4.69) is 36.1 Å². The fraction of sp³-hybridized carbons (Fsp3) is 0.562. The van der Waals surface area contributed by atoms with E-state index in [1.807, 2.05) is 14.1 Å². The van der Waals surface area contributed by atoms with Crippen LogP contribution >= 0.6 is 0 Å². The minimum Gasteiger partial charge on any atom is -0.378 e. The molecule has 2 heteroatoms. The second-order valence-corrected chi connectivity index (χ2v) is 5.59. The number of hydrogen-bond acceptors (Lipinski definition) is 2. The zero-order valence-corrected chi connectivity index (χ0v) is 11.6. The lowest BCUT2D eigenvalue weighted by Gasteiger charge is -2.27. The molecule has 0 heterocycles. The molecule has 0 aromatic heterocycles. The lowest BCUT2D eigenvalue weighted by Crippen LogP contribution is -2.24. The second-order valence-electron chi connectivity index (χ2n) is 5.59. The summed E-state index contributed by atoms with van der Waals surface area (Å²) in [5.74, 6) is 1.06. The van der Waals surface area contributed by atoms with Crippen molar-refractivity contribution in [2.45, 2.75) is 38.5 Å². The van der Waals surface area contributed by atoms with Crippen molar-refractivity contribution in [2.75, 3.05) is 19.0 Å². The standard InChI is InChI=1S/C16H23NO/c1-12(15-6-4-5-7-16(15)18)13-8-10-14(11-9-13)17(2)3/h8-12,15H,4-7H2,1-3H3. The zero-order valence-electron chi connectivity index (χ0n) is 11.6. The molecule has 0 saturated heterocycles. The first-order valence-corrected chi connectivity index (χ1v) is 6.89. The molecule has 1 aliphatic rings. The van der Waals surface area contributed by atoms with Crippen LogP contribution in [0.2, 0.25) is 0 Å². The molecule has 0 spiro atoms. The zero-order chi connectivity index (χ0) is 13.1. The van der Waals surface area contributed by atoms with Crippen molar-refractivity contribution in [3.63, 3.8) is 0 Å². The maximum absolute atomic E-state index is 12.0. The van der Waals surface area contributed by atoms with E-state index in [-0.39, 0.29) is 5.92 Å². The number of nitrogens with zero attached hydrogens (tertiary/aromatic N) is 1. The molecular weight excluding hydrogens is 222 g/mol. The summed E-state index contributed by atoms with van der Waals surface area (Å²) >= 11 is 0. The van der Waals surface area contributed by atoms with Gasteiger partial charge in [-0.2, -0.15) is 0 Å². The first-order valence-electron chi connectivity index (χ1n) is 6.89. The third-order valence-electron chi connectivity index (χ3n) is 4.14. The number of hydrogen-bond donors (Lipinski definition) is 0. The Kier molecular flexibility index (Phi) is 4.05. The fourth-order valence-corrected chi connectivity index (χ4v) is 2.85. The van der Waals surface area contributed by atoms with E-state index < -0.39 is 0 Å². The Morgan fingerprint density at radius 1 is 1.17 bits per heavy atom. The highest BCUT2D eigenvalue weighted by Gasteiger charge is 2.28. The van der Waals surface area contributed by atoms with Gasteiger partial charge in [0.05, 0.1) is 0 Å². The van der Waals surface area contributed by atoms with E-state index >= 15 is 0 Å². The Bertz CT molecular complexity index is 408. The second kappa shape index (κ2) is 5.55. The van der Waals surface area contributed by atoms with E-state index in [0.29, 0.717) is 11.7 Å². The van der Waals surface area contributed by atoms with Crippen LogP contribution < -0.4 is 4.90 Å². The van der Waals surface area contributed by atoms with Crippen LogP contribution in [0.3, 0.4) is 0 Å². The van der Waals surface area contributed by atoms with E-state index in [4.69, 9.17) is 0 Å². The molecule has 2 atom stereocenters. The van der Waals surface area contributed by atoms with Gasteiger partial charge in [0.25, 0.3) is 0 Å². The average Bonchev–Trinajstić information content (AvgIpc) is 2.38. The summed E-state index contributed by atoms with van der Waals surface area (Å²) in [6.07, 6.45) is 4.14. The van der Waals surface area contributed by atoms with Crippen LogP contribution in [0.1, 0.15) is 44.1 Å². The van der Waals surface area contributed by atoms with Crippen molar-refractivity contribution in [1.82, 2.24) is 0 Å². The number of anilines is 1. The first kappa shape index (κ1) is 13.1. The molecule has 0 amide bonds. The van der Waals surface area contributed by atoms with Crippen molar-refractivity contribution < 1.29 is 4.79 Å². The largest absolute Gasteiger partial charge is 0.378 e. The van der Waals surface area contributed by atoms with Crippen molar-refractivity contribution in [1.29, 1.82) is 0 Å². The van der Waals surface area contributed by atoms with Gasteiger partial charge in [0, 0.05) is 32.1 Å². The van der Waals surface area contributed by atoms with Gasteiger partial charge in [-0.15, -0.1) is 0 Å². The van der Waals surface area contributed by atoms with Gasteiger partial charge < -0.3 is 4.90 Å². The van der Waals surface area contributed by atoms with E-state index in [0.717, 1.165) is 19.3 Å². The van der Waals surface area contributed by atoms with Crippen LogP contribution in [0.15, 0.2) is 24.3 Å². The van der Waals surface area contributed by atoms with Crippen LogP contribution in [-0.4, -0.2) is 19.9 Å². The van der Waals surface area contributed by atoms with Crippen LogP contribution in [0.4, 0.5) is 5.69 Å². The lowest BCUT2D eigenvalue weighted by atomic mass is 9.77. The summed E-state index contributed by atoms with van der Waals surface area (Å²) in [4.78, 5) is 14.1. The van der Waals surface area contributed by atoms with Crippen molar-refractivity contribution in [3.8, 4) is 0 Å². The molecule has 1 aliphatic carbocycles. The van der Waals surface area contributed by atoms with Crippen molar-refractivity contribution in [2.24, 2.45) is 5.92 Å². The van der Waals surface area contributed by atoms with Gasteiger partial charge in [0.2, 0.25) is 0 Å². The van der Waals surface area contributed by atoms with E-state index in [9.17, 15) is 4.79 Å². The Morgan fingerprint density at radius 3 is 2.39 bits per heavy atom. The highest BCUT2D eigenvalue weighted by Crippen LogP contribution is 2.34. The molecule has 2 unspecified atom stereocenters. The molecule has 2 rings (SSSR count). The number of benzene rings is 1.